The first kappa shape index (κ1) is 16.2. The van der Waals surface area contributed by atoms with Gasteiger partial charge >= 0.3 is 0 Å². The zero-order valence-corrected chi connectivity index (χ0v) is 15.1. The lowest BCUT2D eigenvalue weighted by atomic mass is 9.95. The van der Waals surface area contributed by atoms with Crippen molar-refractivity contribution >= 4 is 17.4 Å². The summed E-state index contributed by atoms with van der Waals surface area (Å²) < 4.78 is 1.69. The molecule has 1 aliphatic heterocycles. The average Bonchev–Trinajstić information content (AvgIpc) is 3.35. The number of amides is 1. The summed E-state index contributed by atoms with van der Waals surface area (Å²) in [4.78, 5) is 15.0. The molecule has 3 heterocycles. The Hall–Kier alpha value is -2.96. The van der Waals surface area contributed by atoms with Gasteiger partial charge in [0.2, 0.25) is 5.91 Å². The highest BCUT2D eigenvalue weighted by atomic mass is 16.2. The van der Waals surface area contributed by atoms with E-state index in [1.165, 1.54) is 11.1 Å². The van der Waals surface area contributed by atoms with Crippen LogP contribution < -0.4 is 10.2 Å². The standard InChI is InChI=1S/C20H22N6O/c27-20(22-17-6-5-14-3-1-2-4-16(14)17)15-9-11-25(12-10-15)19-8-7-18-23-21-13-26(18)24-19/h1-4,7-8,13,15,17H,5-6,9-12H2,(H,22,27). The van der Waals surface area contributed by atoms with Crippen molar-refractivity contribution in [3.05, 3.63) is 53.9 Å². The van der Waals surface area contributed by atoms with Crippen molar-refractivity contribution in [1.29, 1.82) is 0 Å². The average molecular weight is 362 g/mol. The second-order valence-corrected chi connectivity index (χ2v) is 7.39. The second-order valence-electron chi connectivity index (χ2n) is 7.39. The number of nitrogens with zero attached hydrogens (tertiary/aromatic N) is 5. The Morgan fingerprint density at radius 3 is 2.81 bits per heavy atom. The van der Waals surface area contributed by atoms with E-state index in [-0.39, 0.29) is 17.9 Å². The smallest absolute Gasteiger partial charge is 0.223 e. The largest absolute Gasteiger partial charge is 0.355 e. The lowest BCUT2D eigenvalue weighted by molar-refractivity contribution is -0.126. The van der Waals surface area contributed by atoms with Crippen LogP contribution in [0.4, 0.5) is 5.82 Å². The van der Waals surface area contributed by atoms with Crippen molar-refractivity contribution in [2.75, 3.05) is 18.0 Å². The van der Waals surface area contributed by atoms with Gasteiger partial charge in [-0.1, -0.05) is 24.3 Å². The third kappa shape index (κ3) is 3.03. The topological polar surface area (TPSA) is 75.4 Å². The van der Waals surface area contributed by atoms with Crippen LogP contribution in [0.15, 0.2) is 42.7 Å². The molecule has 1 amide bonds. The highest BCUT2D eigenvalue weighted by Crippen LogP contribution is 2.31. The molecule has 0 spiro atoms. The summed E-state index contributed by atoms with van der Waals surface area (Å²) in [6.45, 7) is 1.67. The first-order valence-electron chi connectivity index (χ1n) is 9.58. The molecule has 2 aliphatic rings. The molecular formula is C20H22N6O. The first-order valence-corrected chi connectivity index (χ1v) is 9.58. The molecule has 1 atom stereocenters. The number of aryl methyl sites for hydroxylation is 1. The molecule has 0 bridgehead atoms. The Kier molecular flexibility index (Phi) is 3.99. The molecule has 27 heavy (non-hydrogen) atoms. The monoisotopic (exact) mass is 362 g/mol. The quantitative estimate of drug-likeness (QED) is 0.773. The van der Waals surface area contributed by atoms with Gasteiger partial charge in [0.05, 0.1) is 6.04 Å². The van der Waals surface area contributed by atoms with Crippen molar-refractivity contribution in [3.63, 3.8) is 0 Å². The summed E-state index contributed by atoms with van der Waals surface area (Å²) in [6.07, 6.45) is 5.37. The van der Waals surface area contributed by atoms with Crippen LogP contribution in [0, 0.1) is 5.92 Å². The maximum absolute atomic E-state index is 12.8. The fourth-order valence-corrected chi connectivity index (χ4v) is 4.25. The number of carbonyl (C=O) groups excluding carboxylic acids is 1. The van der Waals surface area contributed by atoms with E-state index in [4.69, 9.17) is 0 Å². The van der Waals surface area contributed by atoms with Crippen LogP contribution in [0.25, 0.3) is 5.65 Å². The third-order valence-electron chi connectivity index (χ3n) is 5.79. The van der Waals surface area contributed by atoms with E-state index in [2.05, 4.69) is 49.8 Å². The molecule has 5 rings (SSSR count). The van der Waals surface area contributed by atoms with Gasteiger partial charge in [0.15, 0.2) is 5.65 Å². The van der Waals surface area contributed by atoms with Gasteiger partial charge in [0, 0.05) is 19.0 Å². The Balaban J connectivity index is 1.21. The summed E-state index contributed by atoms with van der Waals surface area (Å²) in [7, 11) is 0. The minimum Gasteiger partial charge on any atom is -0.355 e. The molecular weight excluding hydrogens is 340 g/mol. The van der Waals surface area contributed by atoms with E-state index in [1.807, 2.05) is 12.1 Å². The molecule has 0 saturated carbocycles. The van der Waals surface area contributed by atoms with Crippen molar-refractivity contribution in [3.8, 4) is 0 Å². The van der Waals surface area contributed by atoms with Crippen molar-refractivity contribution in [1.82, 2.24) is 25.1 Å². The number of hydrogen-bond donors (Lipinski definition) is 1. The van der Waals surface area contributed by atoms with Gasteiger partial charge in [0.25, 0.3) is 0 Å². The Morgan fingerprint density at radius 2 is 1.93 bits per heavy atom. The number of fused-ring (bicyclic) bond motifs is 2. The highest BCUT2D eigenvalue weighted by molar-refractivity contribution is 5.79. The van der Waals surface area contributed by atoms with E-state index >= 15 is 0 Å². The highest BCUT2D eigenvalue weighted by Gasteiger charge is 2.29. The summed E-state index contributed by atoms with van der Waals surface area (Å²) in [5, 5.41) is 15.7. The number of anilines is 1. The van der Waals surface area contributed by atoms with E-state index in [9.17, 15) is 4.79 Å². The number of benzene rings is 1. The summed E-state index contributed by atoms with van der Waals surface area (Å²) in [6, 6.07) is 12.5. The van der Waals surface area contributed by atoms with Crippen LogP contribution in [-0.2, 0) is 11.2 Å². The molecule has 2 aromatic heterocycles. The molecule has 1 aromatic carbocycles. The number of carbonyl (C=O) groups is 1. The maximum atomic E-state index is 12.8. The SMILES string of the molecule is O=C(NC1CCc2ccccc21)C1CCN(c2ccc3nncn3n2)CC1. The second kappa shape index (κ2) is 6.64. The van der Waals surface area contributed by atoms with Gasteiger partial charge in [-0.05, 0) is 48.9 Å². The van der Waals surface area contributed by atoms with Gasteiger partial charge in [0.1, 0.15) is 12.1 Å². The van der Waals surface area contributed by atoms with Gasteiger partial charge in [-0.2, -0.15) is 4.52 Å². The summed E-state index contributed by atoms with van der Waals surface area (Å²) >= 11 is 0. The van der Waals surface area contributed by atoms with E-state index in [0.29, 0.717) is 0 Å². The third-order valence-corrected chi connectivity index (χ3v) is 5.79. The zero-order chi connectivity index (χ0) is 18.2. The van der Waals surface area contributed by atoms with E-state index in [1.54, 1.807) is 10.8 Å². The van der Waals surface area contributed by atoms with Crippen molar-refractivity contribution in [2.24, 2.45) is 5.92 Å². The molecule has 1 aliphatic carbocycles. The molecule has 0 radical (unpaired) electrons. The molecule has 3 aromatic rings. The maximum Gasteiger partial charge on any atom is 0.223 e. The molecule has 138 valence electrons. The molecule has 7 nitrogen and oxygen atoms in total. The Labute approximate surface area is 157 Å². The summed E-state index contributed by atoms with van der Waals surface area (Å²) in [5.74, 6) is 1.18. The molecule has 1 fully saturated rings. The fraction of sp³-hybridized carbons (Fsp3) is 0.400. The zero-order valence-electron chi connectivity index (χ0n) is 15.1. The van der Waals surface area contributed by atoms with Gasteiger partial charge < -0.3 is 10.2 Å². The molecule has 7 heteroatoms. The van der Waals surface area contributed by atoms with Crippen LogP contribution in [0.1, 0.15) is 36.4 Å². The predicted octanol–water partition coefficient (Wildman–Crippen LogP) is 2.14. The van der Waals surface area contributed by atoms with Gasteiger partial charge in [-0.15, -0.1) is 15.3 Å². The van der Waals surface area contributed by atoms with Crippen LogP contribution in [0.2, 0.25) is 0 Å². The summed E-state index contributed by atoms with van der Waals surface area (Å²) in [5.41, 5.74) is 3.40. The van der Waals surface area contributed by atoms with Crippen LogP contribution in [0.5, 0.6) is 0 Å². The molecule has 1 N–H and O–H groups in total. The van der Waals surface area contributed by atoms with Crippen LogP contribution >= 0.6 is 0 Å². The van der Waals surface area contributed by atoms with Crippen LogP contribution in [-0.4, -0.2) is 38.8 Å². The Bertz CT molecular complexity index is 975. The number of aromatic nitrogens is 4. The van der Waals surface area contributed by atoms with E-state index < -0.39 is 0 Å². The predicted molar refractivity (Wildman–Crippen MR) is 101 cm³/mol. The minimum atomic E-state index is 0.0765. The number of piperidine rings is 1. The van der Waals surface area contributed by atoms with Crippen molar-refractivity contribution < 1.29 is 4.79 Å². The van der Waals surface area contributed by atoms with Gasteiger partial charge in [-0.3, -0.25) is 4.79 Å². The number of hydrogen-bond acceptors (Lipinski definition) is 5. The fourth-order valence-electron chi connectivity index (χ4n) is 4.25. The lowest BCUT2D eigenvalue weighted by Gasteiger charge is -2.32. The first-order chi connectivity index (χ1) is 13.3. The normalized spacial score (nSPS) is 20.0. The Morgan fingerprint density at radius 1 is 1.07 bits per heavy atom. The van der Waals surface area contributed by atoms with E-state index in [0.717, 1.165) is 50.2 Å². The van der Waals surface area contributed by atoms with Gasteiger partial charge in [-0.25, -0.2) is 0 Å². The van der Waals surface area contributed by atoms with Crippen molar-refractivity contribution in [2.45, 2.75) is 31.7 Å². The van der Waals surface area contributed by atoms with Crippen LogP contribution in [0.3, 0.4) is 0 Å². The number of rotatable bonds is 3. The molecule has 1 saturated heterocycles. The molecule has 1 unspecified atom stereocenters. The number of nitrogens with one attached hydrogen (secondary N) is 1. The lowest BCUT2D eigenvalue weighted by Crippen LogP contribution is -2.41. The minimum absolute atomic E-state index is 0.0765.